The van der Waals surface area contributed by atoms with Crippen LogP contribution >= 0.6 is 0 Å². The van der Waals surface area contributed by atoms with Crippen molar-refractivity contribution in [3.63, 3.8) is 0 Å². The molecule has 76 valence electrons. The fourth-order valence-corrected chi connectivity index (χ4v) is 2.09. The zero-order valence-electron chi connectivity index (χ0n) is 8.97. The molecule has 1 amide bonds. The van der Waals surface area contributed by atoms with Crippen LogP contribution in [-0.2, 0) is 4.79 Å². The van der Waals surface area contributed by atoms with Gasteiger partial charge in [0.05, 0.1) is 0 Å². The number of carbonyl (C=O) groups excluding carboxylic acids is 1. The maximum atomic E-state index is 11.6. The molecule has 0 heterocycles. The van der Waals surface area contributed by atoms with Gasteiger partial charge in [-0.25, -0.2) is 0 Å². The molecule has 1 saturated carbocycles. The molecule has 13 heavy (non-hydrogen) atoms. The molecule has 1 atom stereocenters. The van der Waals surface area contributed by atoms with E-state index in [9.17, 15) is 4.79 Å². The second-order valence-electron chi connectivity index (χ2n) is 4.50. The van der Waals surface area contributed by atoms with Crippen molar-refractivity contribution in [3.8, 4) is 0 Å². The van der Waals surface area contributed by atoms with E-state index in [0.717, 1.165) is 0 Å². The SMILES string of the molecule is CC(C)NC(=O)C(C)C1CCCC1. The Morgan fingerprint density at radius 2 is 1.77 bits per heavy atom. The first-order chi connectivity index (χ1) is 6.11. The zero-order valence-corrected chi connectivity index (χ0v) is 8.97. The van der Waals surface area contributed by atoms with Gasteiger partial charge in [0.2, 0.25) is 5.91 Å². The summed E-state index contributed by atoms with van der Waals surface area (Å²) >= 11 is 0. The highest BCUT2D eigenvalue weighted by Gasteiger charge is 2.26. The van der Waals surface area contributed by atoms with Crippen LogP contribution in [-0.4, -0.2) is 11.9 Å². The highest BCUT2D eigenvalue weighted by atomic mass is 16.1. The number of hydrogen-bond donors (Lipinski definition) is 1. The smallest absolute Gasteiger partial charge is 0.223 e. The molecule has 0 bridgehead atoms. The van der Waals surface area contributed by atoms with Gasteiger partial charge < -0.3 is 5.32 Å². The minimum atomic E-state index is 0.213. The molecule has 1 aliphatic carbocycles. The molecule has 0 radical (unpaired) electrons. The Bertz CT molecular complexity index is 171. The zero-order chi connectivity index (χ0) is 9.84. The minimum absolute atomic E-state index is 0.213. The average Bonchev–Trinajstić information content (AvgIpc) is 2.53. The maximum absolute atomic E-state index is 11.6. The van der Waals surface area contributed by atoms with Crippen LogP contribution in [0.3, 0.4) is 0 Å². The number of rotatable bonds is 3. The molecular weight excluding hydrogens is 162 g/mol. The quantitative estimate of drug-likeness (QED) is 0.715. The summed E-state index contributed by atoms with van der Waals surface area (Å²) in [7, 11) is 0. The first-order valence-corrected chi connectivity index (χ1v) is 5.41. The van der Waals surface area contributed by atoms with Crippen molar-refractivity contribution in [1.82, 2.24) is 5.32 Å². The molecule has 2 nitrogen and oxygen atoms in total. The first-order valence-electron chi connectivity index (χ1n) is 5.41. The molecule has 0 aromatic rings. The lowest BCUT2D eigenvalue weighted by atomic mass is 9.92. The molecule has 0 spiro atoms. The van der Waals surface area contributed by atoms with Crippen LogP contribution in [0.25, 0.3) is 0 Å². The van der Waals surface area contributed by atoms with Crippen molar-refractivity contribution in [3.05, 3.63) is 0 Å². The topological polar surface area (TPSA) is 29.1 Å². The van der Waals surface area contributed by atoms with Crippen molar-refractivity contribution < 1.29 is 4.79 Å². The first kappa shape index (κ1) is 10.6. The summed E-state index contributed by atoms with van der Waals surface area (Å²) in [5.74, 6) is 1.09. The van der Waals surface area contributed by atoms with Crippen molar-refractivity contribution >= 4 is 5.91 Å². The lowest BCUT2D eigenvalue weighted by molar-refractivity contribution is -0.126. The van der Waals surface area contributed by atoms with Crippen molar-refractivity contribution in [1.29, 1.82) is 0 Å². The van der Waals surface area contributed by atoms with E-state index in [1.165, 1.54) is 25.7 Å². The molecule has 1 unspecified atom stereocenters. The van der Waals surface area contributed by atoms with Crippen LogP contribution in [0.2, 0.25) is 0 Å². The molecule has 0 aliphatic heterocycles. The summed E-state index contributed by atoms with van der Waals surface area (Å²) in [5.41, 5.74) is 0. The van der Waals surface area contributed by atoms with Crippen LogP contribution in [0.1, 0.15) is 46.5 Å². The average molecular weight is 183 g/mol. The van der Waals surface area contributed by atoms with Gasteiger partial charge in [0.25, 0.3) is 0 Å². The van der Waals surface area contributed by atoms with E-state index >= 15 is 0 Å². The molecule has 0 aromatic carbocycles. The Hall–Kier alpha value is -0.530. The molecule has 1 aliphatic rings. The standard InChI is InChI=1S/C11H21NO/c1-8(2)12-11(13)9(3)10-6-4-5-7-10/h8-10H,4-7H2,1-3H3,(H,12,13). The van der Waals surface area contributed by atoms with Gasteiger partial charge in [0.1, 0.15) is 0 Å². The van der Waals surface area contributed by atoms with Gasteiger partial charge in [-0.3, -0.25) is 4.79 Å². The number of nitrogens with one attached hydrogen (secondary N) is 1. The van der Waals surface area contributed by atoms with E-state index in [2.05, 4.69) is 12.2 Å². The number of amides is 1. The predicted molar refractivity (Wildman–Crippen MR) is 54.4 cm³/mol. The fraction of sp³-hybridized carbons (Fsp3) is 0.909. The lowest BCUT2D eigenvalue weighted by Gasteiger charge is -2.19. The normalized spacial score (nSPS) is 20.6. The van der Waals surface area contributed by atoms with Crippen LogP contribution in [0.4, 0.5) is 0 Å². The third-order valence-electron chi connectivity index (χ3n) is 2.95. The summed E-state index contributed by atoms with van der Waals surface area (Å²) < 4.78 is 0. The van der Waals surface area contributed by atoms with E-state index in [-0.39, 0.29) is 17.9 Å². The fourth-order valence-electron chi connectivity index (χ4n) is 2.09. The Labute approximate surface area is 81.1 Å². The summed E-state index contributed by atoms with van der Waals surface area (Å²) in [6.07, 6.45) is 5.10. The Morgan fingerprint density at radius 3 is 2.23 bits per heavy atom. The van der Waals surface area contributed by atoms with Gasteiger partial charge >= 0.3 is 0 Å². The highest BCUT2D eigenvalue weighted by molar-refractivity contribution is 5.78. The molecule has 0 aromatic heterocycles. The second-order valence-corrected chi connectivity index (χ2v) is 4.50. The largest absolute Gasteiger partial charge is 0.354 e. The molecule has 1 rings (SSSR count). The van der Waals surface area contributed by atoms with Crippen LogP contribution in [0, 0.1) is 11.8 Å². The lowest BCUT2D eigenvalue weighted by Crippen LogP contribution is -2.36. The molecule has 0 saturated heterocycles. The molecule has 1 fully saturated rings. The van der Waals surface area contributed by atoms with Crippen molar-refractivity contribution in [2.45, 2.75) is 52.5 Å². The van der Waals surface area contributed by atoms with Gasteiger partial charge in [-0.1, -0.05) is 19.8 Å². The number of hydrogen-bond acceptors (Lipinski definition) is 1. The summed E-state index contributed by atoms with van der Waals surface area (Å²) in [6, 6.07) is 0.274. The van der Waals surface area contributed by atoms with Gasteiger partial charge in [-0.15, -0.1) is 0 Å². The minimum Gasteiger partial charge on any atom is -0.354 e. The van der Waals surface area contributed by atoms with E-state index in [1.54, 1.807) is 0 Å². The van der Waals surface area contributed by atoms with E-state index in [0.29, 0.717) is 5.92 Å². The predicted octanol–water partition coefficient (Wildman–Crippen LogP) is 2.34. The van der Waals surface area contributed by atoms with Crippen LogP contribution < -0.4 is 5.32 Å². The van der Waals surface area contributed by atoms with Crippen LogP contribution in [0.15, 0.2) is 0 Å². The molecule has 1 N–H and O–H groups in total. The Kier molecular flexibility index (Phi) is 3.76. The highest BCUT2D eigenvalue weighted by Crippen LogP contribution is 2.31. The summed E-state index contributed by atoms with van der Waals surface area (Å²) in [5, 5.41) is 2.98. The Balaban J connectivity index is 2.36. The van der Waals surface area contributed by atoms with Gasteiger partial charge in [0, 0.05) is 12.0 Å². The maximum Gasteiger partial charge on any atom is 0.223 e. The van der Waals surface area contributed by atoms with Crippen LogP contribution in [0.5, 0.6) is 0 Å². The van der Waals surface area contributed by atoms with Gasteiger partial charge in [0.15, 0.2) is 0 Å². The van der Waals surface area contributed by atoms with Crippen molar-refractivity contribution in [2.24, 2.45) is 11.8 Å². The van der Waals surface area contributed by atoms with E-state index in [1.807, 2.05) is 13.8 Å². The summed E-state index contributed by atoms with van der Waals surface area (Å²) in [6.45, 7) is 6.09. The van der Waals surface area contributed by atoms with E-state index < -0.39 is 0 Å². The molecule has 2 heteroatoms. The number of carbonyl (C=O) groups is 1. The monoisotopic (exact) mass is 183 g/mol. The third kappa shape index (κ3) is 3.02. The summed E-state index contributed by atoms with van der Waals surface area (Å²) in [4.78, 5) is 11.6. The third-order valence-corrected chi connectivity index (χ3v) is 2.95. The van der Waals surface area contributed by atoms with Gasteiger partial charge in [-0.2, -0.15) is 0 Å². The van der Waals surface area contributed by atoms with Gasteiger partial charge in [-0.05, 0) is 32.6 Å². The van der Waals surface area contributed by atoms with Crippen molar-refractivity contribution in [2.75, 3.05) is 0 Å². The second kappa shape index (κ2) is 4.64. The Morgan fingerprint density at radius 1 is 1.23 bits per heavy atom. The van der Waals surface area contributed by atoms with E-state index in [4.69, 9.17) is 0 Å². The molecular formula is C11H21NO.